The Hall–Kier alpha value is -2.04. The lowest BCUT2D eigenvalue weighted by atomic mass is 10.0. The molecule has 1 amide bonds. The van der Waals surface area contributed by atoms with Gasteiger partial charge in [-0.1, -0.05) is 49.2 Å². The molecule has 2 rings (SSSR count). The summed E-state index contributed by atoms with van der Waals surface area (Å²) in [5, 5.41) is 3.27. The molecule has 0 aromatic heterocycles. The summed E-state index contributed by atoms with van der Waals surface area (Å²) in [5.41, 5.74) is 2.06. The standard InChI is InChI=1S/C18H17Cl2NO3/c1-11(2)12-3-6-14(7-4-12)21-17(22)10-24-18(23)13-5-8-15(19)16(20)9-13/h3-9,11H,10H2,1-2H3,(H,21,22). The topological polar surface area (TPSA) is 55.4 Å². The minimum absolute atomic E-state index is 0.235. The minimum Gasteiger partial charge on any atom is -0.452 e. The third-order valence-corrected chi connectivity index (χ3v) is 4.09. The van der Waals surface area contributed by atoms with Gasteiger partial charge in [0.05, 0.1) is 15.6 Å². The van der Waals surface area contributed by atoms with Gasteiger partial charge in [0.25, 0.3) is 5.91 Å². The number of ether oxygens (including phenoxy) is 1. The Morgan fingerprint density at radius 1 is 1.04 bits per heavy atom. The second kappa shape index (κ2) is 8.18. The zero-order valence-corrected chi connectivity index (χ0v) is 14.8. The van der Waals surface area contributed by atoms with E-state index in [2.05, 4.69) is 19.2 Å². The van der Waals surface area contributed by atoms with Gasteiger partial charge >= 0.3 is 5.97 Å². The van der Waals surface area contributed by atoms with Crippen molar-refractivity contribution in [2.75, 3.05) is 11.9 Å². The molecule has 0 fully saturated rings. The maximum Gasteiger partial charge on any atom is 0.338 e. The van der Waals surface area contributed by atoms with Crippen molar-refractivity contribution < 1.29 is 14.3 Å². The molecule has 0 saturated heterocycles. The number of hydrogen-bond donors (Lipinski definition) is 1. The Bertz CT molecular complexity index is 742. The monoisotopic (exact) mass is 365 g/mol. The van der Waals surface area contributed by atoms with Gasteiger partial charge in [0.1, 0.15) is 0 Å². The van der Waals surface area contributed by atoms with E-state index in [-0.39, 0.29) is 17.2 Å². The van der Waals surface area contributed by atoms with Crippen LogP contribution in [-0.2, 0) is 9.53 Å². The van der Waals surface area contributed by atoms with E-state index in [1.807, 2.05) is 24.3 Å². The van der Waals surface area contributed by atoms with Crippen LogP contribution in [0.15, 0.2) is 42.5 Å². The van der Waals surface area contributed by atoms with E-state index < -0.39 is 11.9 Å². The number of anilines is 1. The van der Waals surface area contributed by atoms with E-state index in [9.17, 15) is 9.59 Å². The van der Waals surface area contributed by atoms with Crippen LogP contribution in [0.25, 0.3) is 0 Å². The third kappa shape index (κ3) is 4.98. The van der Waals surface area contributed by atoms with Crippen LogP contribution in [0.1, 0.15) is 35.7 Å². The average molecular weight is 366 g/mol. The fraction of sp³-hybridized carbons (Fsp3) is 0.222. The van der Waals surface area contributed by atoms with E-state index >= 15 is 0 Å². The summed E-state index contributed by atoms with van der Waals surface area (Å²) in [4.78, 5) is 23.7. The van der Waals surface area contributed by atoms with Gasteiger partial charge in [0.2, 0.25) is 0 Å². The predicted octanol–water partition coefficient (Wildman–Crippen LogP) is 4.91. The zero-order valence-electron chi connectivity index (χ0n) is 13.3. The number of hydrogen-bond acceptors (Lipinski definition) is 3. The zero-order chi connectivity index (χ0) is 17.7. The maximum atomic E-state index is 11.9. The highest BCUT2D eigenvalue weighted by atomic mass is 35.5. The number of rotatable bonds is 5. The number of esters is 1. The Kier molecular flexibility index (Phi) is 6.23. The molecule has 2 aromatic carbocycles. The molecule has 24 heavy (non-hydrogen) atoms. The van der Waals surface area contributed by atoms with Crippen LogP contribution >= 0.6 is 23.2 Å². The number of halogens is 2. The van der Waals surface area contributed by atoms with Crippen LogP contribution in [0, 0.1) is 0 Å². The second-order valence-electron chi connectivity index (χ2n) is 5.53. The highest BCUT2D eigenvalue weighted by Gasteiger charge is 2.12. The molecule has 1 N–H and O–H groups in total. The molecule has 0 radical (unpaired) electrons. The van der Waals surface area contributed by atoms with Crippen molar-refractivity contribution in [1.82, 2.24) is 0 Å². The van der Waals surface area contributed by atoms with Gasteiger partial charge in [0, 0.05) is 5.69 Å². The summed E-state index contributed by atoms with van der Waals surface area (Å²) in [6, 6.07) is 11.9. The van der Waals surface area contributed by atoms with Gasteiger partial charge in [-0.2, -0.15) is 0 Å². The summed E-state index contributed by atoms with van der Waals surface area (Å²) in [5.74, 6) is -0.638. The number of benzene rings is 2. The van der Waals surface area contributed by atoms with E-state index in [4.69, 9.17) is 27.9 Å². The van der Waals surface area contributed by atoms with Gasteiger partial charge in [-0.3, -0.25) is 4.79 Å². The number of nitrogens with one attached hydrogen (secondary N) is 1. The van der Waals surface area contributed by atoms with E-state index in [0.29, 0.717) is 16.6 Å². The fourth-order valence-electron chi connectivity index (χ4n) is 1.99. The second-order valence-corrected chi connectivity index (χ2v) is 6.34. The SMILES string of the molecule is CC(C)c1ccc(NC(=O)COC(=O)c2ccc(Cl)c(Cl)c2)cc1. The quantitative estimate of drug-likeness (QED) is 0.765. The summed E-state index contributed by atoms with van der Waals surface area (Å²) < 4.78 is 4.97. The van der Waals surface area contributed by atoms with Crippen LogP contribution in [0.2, 0.25) is 10.0 Å². The highest BCUT2D eigenvalue weighted by molar-refractivity contribution is 6.42. The van der Waals surface area contributed by atoms with Crippen molar-refractivity contribution in [3.63, 3.8) is 0 Å². The first-order valence-electron chi connectivity index (χ1n) is 7.39. The van der Waals surface area contributed by atoms with Crippen LogP contribution in [0.4, 0.5) is 5.69 Å². The number of amides is 1. The van der Waals surface area contributed by atoms with Crippen molar-refractivity contribution in [2.45, 2.75) is 19.8 Å². The van der Waals surface area contributed by atoms with Crippen molar-refractivity contribution in [1.29, 1.82) is 0 Å². The molecule has 0 atom stereocenters. The smallest absolute Gasteiger partial charge is 0.338 e. The molecule has 0 bridgehead atoms. The van der Waals surface area contributed by atoms with Crippen molar-refractivity contribution in [2.24, 2.45) is 0 Å². The Balaban J connectivity index is 1.88. The molecule has 0 saturated carbocycles. The molecular formula is C18H17Cl2NO3. The molecule has 2 aromatic rings. The lowest BCUT2D eigenvalue weighted by Crippen LogP contribution is -2.20. The lowest BCUT2D eigenvalue weighted by molar-refractivity contribution is -0.119. The summed E-state index contributed by atoms with van der Waals surface area (Å²) in [7, 11) is 0. The molecule has 0 aliphatic carbocycles. The van der Waals surface area contributed by atoms with Crippen LogP contribution in [0.5, 0.6) is 0 Å². The summed E-state index contributed by atoms with van der Waals surface area (Å²) >= 11 is 11.6. The van der Waals surface area contributed by atoms with E-state index in [0.717, 1.165) is 0 Å². The molecule has 6 heteroatoms. The molecule has 0 aliphatic rings. The number of carbonyl (C=O) groups excluding carboxylic acids is 2. The highest BCUT2D eigenvalue weighted by Crippen LogP contribution is 2.23. The molecule has 0 heterocycles. The van der Waals surface area contributed by atoms with Gasteiger partial charge in [-0.25, -0.2) is 4.79 Å². The first-order chi connectivity index (χ1) is 11.4. The predicted molar refractivity (Wildman–Crippen MR) is 95.9 cm³/mol. The first-order valence-corrected chi connectivity index (χ1v) is 8.14. The molecule has 4 nitrogen and oxygen atoms in total. The van der Waals surface area contributed by atoms with Gasteiger partial charge in [0.15, 0.2) is 6.61 Å². The van der Waals surface area contributed by atoms with Crippen LogP contribution < -0.4 is 5.32 Å². The van der Waals surface area contributed by atoms with Crippen LogP contribution in [-0.4, -0.2) is 18.5 Å². The molecule has 0 unspecified atom stereocenters. The third-order valence-electron chi connectivity index (χ3n) is 3.35. The largest absolute Gasteiger partial charge is 0.452 e. The molecular weight excluding hydrogens is 349 g/mol. The lowest BCUT2D eigenvalue weighted by Gasteiger charge is -2.09. The van der Waals surface area contributed by atoms with Crippen LogP contribution in [0.3, 0.4) is 0 Å². The number of carbonyl (C=O) groups is 2. The van der Waals surface area contributed by atoms with E-state index in [1.54, 1.807) is 0 Å². The van der Waals surface area contributed by atoms with Gasteiger partial charge in [-0.05, 0) is 41.8 Å². The normalized spacial score (nSPS) is 10.5. The van der Waals surface area contributed by atoms with Crippen molar-refractivity contribution in [3.8, 4) is 0 Å². The first kappa shape index (κ1) is 18.3. The van der Waals surface area contributed by atoms with E-state index in [1.165, 1.54) is 23.8 Å². The Morgan fingerprint density at radius 2 is 1.71 bits per heavy atom. The fourth-order valence-corrected chi connectivity index (χ4v) is 2.28. The molecule has 0 aliphatic heterocycles. The van der Waals surface area contributed by atoms with Gasteiger partial charge < -0.3 is 10.1 Å². The Morgan fingerprint density at radius 3 is 2.29 bits per heavy atom. The minimum atomic E-state index is -0.640. The molecule has 126 valence electrons. The Labute approximate surface area is 150 Å². The summed E-state index contributed by atoms with van der Waals surface area (Å²) in [6.45, 7) is 3.80. The summed E-state index contributed by atoms with van der Waals surface area (Å²) in [6.07, 6.45) is 0. The van der Waals surface area contributed by atoms with Crippen molar-refractivity contribution in [3.05, 3.63) is 63.6 Å². The molecule has 0 spiro atoms. The maximum absolute atomic E-state index is 11.9. The average Bonchev–Trinajstić information content (AvgIpc) is 2.55. The van der Waals surface area contributed by atoms with Gasteiger partial charge in [-0.15, -0.1) is 0 Å². The van der Waals surface area contributed by atoms with Crippen molar-refractivity contribution >= 4 is 40.8 Å².